The first-order valence-corrected chi connectivity index (χ1v) is 49.7. The van der Waals surface area contributed by atoms with Crippen LogP contribution in [0.15, 0.2) is 6.20 Å². The molecule has 1 aromatic heterocycles. The molecule has 1 aromatic rings. The Balaban J connectivity index is 0.512. The van der Waals surface area contributed by atoms with Gasteiger partial charge in [0.25, 0.3) is 0 Å². The van der Waals surface area contributed by atoms with Gasteiger partial charge < -0.3 is 147 Å². The smallest absolute Gasteiger partial charge is 0.360 e. The molecular weight excluding hydrogens is 1910 g/mol. The number of aliphatic hydroxyl groups excluding tert-OH is 6. The Morgan fingerprint density at radius 3 is 0.703 bits per heavy atom. The maximum atomic E-state index is 15.1. The third kappa shape index (κ3) is 23.0. The van der Waals surface area contributed by atoms with Gasteiger partial charge in [-0.3, -0.25) is 105 Å². The van der Waals surface area contributed by atoms with Gasteiger partial charge in [0.2, 0.25) is 130 Å². The van der Waals surface area contributed by atoms with Crippen LogP contribution in [0.1, 0.15) is 158 Å². The number of likely N-dealkylation sites (tertiary alicyclic amines) is 14. The summed E-state index contributed by atoms with van der Waals surface area (Å²) in [5.41, 5.74) is 4.95. The minimum absolute atomic E-state index is 0.00161. The van der Waals surface area contributed by atoms with E-state index in [2.05, 4.69) is 47.5 Å². The van der Waals surface area contributed by atoms with Crippen molar-refractivity contribution in [3.63, 3.8) is 0 Å². The van der Waals surface area contributed by atoms with E-state index in [-0.39, 0.29) is 193 Å². The Morgan fingerprint density at radius 1 is 0.290 bits per heavy atom. The van der Waals surface area contributed by atoms with Crippen LogP contribution in [0.3, 0.4) is 0 Å². The lowest BCUT2D eigenvalue weighted by Gasteiger charge is -2.32. The van der Waals surface area contributed by atoms with E-state index < -0.39 is 303 Å². The normalized spacial score (nSPS) is 29.7. The van der Waals surface area contributed by atoms with Crippen molar-refractivity contribution in [3.05, 3.63) is 11.9 Å². The molecule has 14 fully saturated rings. The lowest BCUT2D eigenvalue weighted by molar-refractivity contribution is -0.148. The number of nitrogens with two attached hydrogens (primary N) is 1. The highest BCUT2D eigenvalue weighted by atomic mass is 16.5. The predicted molar refractivity (Wildman–Crippen MR) is 486 cm³/mol. The molecule has 14 aliphatic heterocycles. The summed E-state index contributed by atoms with van der Waals surface area (Å²) in [7, 11) is 1.12. The van der Waals surface area contributed by atoms with E-state index in [0.29, 0.717) is 45.1 Å². The summed E-state index contributed by atoms with van der Waals surface area (Å²) in [6, 6.07) is -17.8. The lowest BCUT2D eigenvalue weighted by Crippen LogP contribution is -2.57. The number of amides is 22. The van der Waals surface area contributed by atoms with Gasteiger partial charge in [0.05, 0.1) is 102 Å². The van der Waals surface area contributed by atoms with Crippen LogP contribution in [-0.4, -0.2) is 516 Å². The third-order valence-corrected chi connectivity index (χ3v) is 30.3. The Morgan fingerprint density at radius 2 is 0.490 bits per heavy atom. The number of primary amides is 1. The lowest BCUT2D eigenvalue weighted by atomic mass is 10.1. The molecule has 0 aromatic carbocycles. The molecule has 22 amide bonds. The van der Waals surface area contributed by atoms with E-state index in [1.165, 1.54) is 61.9 Å². The summed E-state index contributed by atoms with van der Waals surface area (Å²) in [5.74, 6) is -16.8. The monoisotopic (exact) mass is 2040 g/mol. The maximum absolute atomic E-state index is 15.1. The van der Waals surface area contributed by atoms with Gasteiger partial charge in [-0.2, -0.15) is 0 Å². The minimum Gasteiger partial charge on any atom is -0.464 e. The molecule has 792 valence electrons. The second-order valence-electron chi connectivity index (χ2n) is 39.7. The fourth-order valence-corrected chi connectivity index (χ4v) is 23.2. The number of ether oxygens (including phenoxy) is 1. The van der Waals surface area contributed by atoms with Crippen LogP contribution in [0.5, 0.6) is 0 Å². The molecule has 14 aliphatic rings. The highest BCUT2D eigenvalue weighted by molar-refractivity contribution is 6.03. The molecule has 21 atom stereocenters. The summed E-state index contributed by atoms with van der Waals surface area (Å²) in [4.78, 5) is 335. The van der Waals surface area contributed by atoms with Crippen LogP contribution in [0, 0.1) is 0 Å². The molecule has 55 nitrogen and oxygen atoms in total. The molecule has 0 spiro atoms. The number of hydrogen-bond donors (Lipinski definition) is 14. The summed E-state index contributed by atoms with van der Waals surface area (Å²) >= 11 is 0. The van der Waals surface area contributed by atoms with Crippen LogP contribution in [0.25, 0.3) is 0 Å². The van der Waals surface area contributed by atoms with E-state index in [0.717, 1.165) is 31.6 Å². The van der Waals surface area contributed by atoms with Crippen molar-refractivity contribution in [1.82, 2.24) is 121 Å². The van der Waals surface area contributed by atoms with Crippen molar-refractivity contribution >= 4 is 136 Å². The largest absolute Gasteiger partial charge is 0.464 e. The van der Waals surface area contributed by atoms with Gasteiger partial charge in [0, 0.05) is 143 Å². The zero-order valence-corrected chi connectivity index (χ0v) is 80.6. The molecule has 15 heterocycles. The van der Waals surface area contributed by atoms with Gasteiger partial charge in [0.1, 0.15) is 84.6 Å². The van der Waals surface area contributed by atoms with Crippen LogP contribution in [0.4, 0.5) is 0 Å². The van der Waals surface area contributed by atoms with Crippen LogP contribution >= 0.6 is 0 Å². The van der Waals surface area contributed by atoms with Crippen molar-refractivity contribution in [2.45, 2.75) is 269 Å². The molecule has 55 heteroatoms. The van der Waals surface area contributed by atoms with E-state index >= 15 is 4.79 Å². The Hall–Kier alpha value is -13.3. The fourth-order valence-electron chi connectivity index (χ4n) is 23.2. The Kier molecular flexibility index (Phi) is 33.3. The molecule has 0 saturated carbocycles. The van der Waals surface area contributed by atoms with E-state index in [9.17, 15) is 136 Å². The zero-order valence-electron chi connectivity index (χ0n) is 80.6. The number of carbonyl (C=O) groups is 23. The van der Waals surface area contributed by atoms with Crippen molar-refractivity contribution in [1.29, 1.82) is 0 Å². The van der Waals surface area contributed by atoms with Gasteiger partial charge in [-0.15, -0.1) is 5.10 Å². The fraction of sp³-hybridized carbons (Fsp3) is 0.722. The Bertz CT molecular complexity index is 5260. The van der Waals surface area contributed by atoms with Gasteiger partial charge in [-0.1, -0.05) is 5.21 Å². The molecule has 0 aliphatic carbocycles. The Labute approximate surface area is 830 Å². The van der Waals surface area contributed by atoms with Gasteiger partial charge in [-0.25, -0.2) is 9.48 Å². The first-order valence-electron chi connectivity index (χ1n) is 49.7. The average Bonchev–Trinajstić information content (AvgIpc) is 1.63. The summed E-state index contributed by atoms with van der Waals surface area (Å²) in [5, 5.41) is 90.2. The average molecular weight is 2040 g/mol. The van der Waals surface area contributed by atoms with Crippen LogP contribution in [-0.2, 0) is 110 Å². The van der Waals surface area contributed by atoms with Gasteiger partial charge >= 0.3 is 5.97 Å². The number of carbonyl (C=O) groups excluding carboxylic acids is 23. The van der Waals surface area contributed by atoms with E-state index in [1.807, 2.05) is 0 Å². The van der Waals surface area contributed by atoms with Gasteiger partial charge in [-0.05, 0) is 89.9 Å². The SMILES string of the molecule is COC(=O)c1cn([C@H]2C[C@@H](C(=O)NCC(=O)N3CCC[C@H]3C(=O)N3C[C@H](O)C[C@H]3C(=O)NCC(=O)N3CCC[C@H]3C(=O)N3C[C@H](O)C[C@H]3C(=O)NCC(=O)N3CCC[C@H]3C(=O)N3C[C@H](O)C[C@H]3C(=O)NCC(N)=O)N(C(=O)[C@@H]3CCCN3C(=O)CNC(=O)[C@@H]3C[C@@H](O)CN3C(=O)[C@@H]3CCCN3C(=O)CNC(=O)[C@@H]3C[C@@H](O)CN3C(=O)[C@@H]3CCCN3C(=O)CNC(=O)[C@@H]3C[C@@H](O)CN3C(=O)[C@@H]3CCCN3C(C)=O)C2)nn1. The number of nitrogens with one attached hydrogen (secondary N) is 7. The summed E-state index contributed by atoms with van der Waals surface area (Å²) in [6.45, 7) is -4.63. The molecule has 0 radical (unpaired) electrons. The van der Waals surface area contributed by atoms with E-state index in [4.69, 9.17) is 10.5 Å². The van der Waals surface area contributed by atoms with Crippen LogP contribution < -0.4 is 43.0 Å². The third-order valence-electron chi connectivity index (χ3n) is 30.3. The summed E-state index contributed by atoms with van der Waals surface area (Å²) < 4.78 is 6.07. The molecular formula is C90H127N25O30. The molecule has 0 bridgehead atoms. The standard InChI is InChI=1S/C90H127N25O30/c1-46(116)101-17-3-10-55(101)83(137)109-39-49(118)26-64(109)78(132)94-34-72(126)105-21-7-14-59(105)87(141)113-43-53(122)30-68(113)82(136)98-37-75(129)106-22-8-15-60(106)88(142)112-42-50(119)27-65(112)79(133)95-33-71(125)102-18-4-11-56(102)84(138)108-38-47(115-45-54(99-100-115)90(144)145-2)24-62(108)76(130)93-32-70(124)103-19-6-13-58(103)86(140)111-41-51(120)28-66(111)80(134)97-36-74(128)107-23-9-16-61(107)89(143)114-44-52(121)29-67(114)81(135)96-35-73(127)104-20-5-12-57(104)85(139)110-40-48(117)25-63(110)77(131)92-31-69(91)123/h45,47-53,55-68,117-122H,3-44H2,1-2H3,(H2,91,123)(H,92,131)(H,93,130)(H,94,132)(H,95,133)(H,96,135)(H,97,134)(H,98,136)/t47-,48+,49+,50+,51+,52+,53+,55-,56-,57-,58-,59-,60-,61-,62-,63-,64-,65-,66-,67-,68-/m0/s1. The van der Waals surface area contributed by atoms with E-state index in [1.54, 1.807) is 0 Å². The van der Waals surface area contributed by atoms with Crippen molar-refractivity contribution in [2.75, 3.05) is 145 Å². The molecule has 15 N–H and O–H groups in total. The van der Waals surface area contributed by atoms with Gasteiger partial charge in [0.15, 0.2) is 5.69 Å². The number of aromatic nitrogens is 3. The number of hydrogen-bond acceptors (Lipinski definition) is 32. The number of esters is 1. The quantitative estimate of drug-likeness (QED) is 0.0318. The topological polar surface area (TPSA) is 710 Å². The molecule has 15 rings (SSSR count). The van der Waals surface area contributed by atoms with Crippen molar-refractivity contribution < 1.29 is 146 Å². The van der Waals surface area contributed by atoms with Crippen molar-refractivity contribution in [2.24, 2.45) is 5.73 Å². The minimum atomic E-state index is -1.39. The highest BCUT2D eigenvalue weighted by Gasteiger charge is 2.55. The highest BCUT2D eigenvalue weighted by Crippen LogP contribution is 2.37. The number of methoxy groups -OCH3 is 1. The first kappa shape index (κ1) is 106. The number of aliphatic hydroxyl groups is 6. The van der Waals surface area contributed by atoms with Crippen LogP contribution in [0.2, 0.25) is 0 Å². The number of β-amino-alcohol motifs (C(OH)–C–C–N with tert-alkyl or cyclic N) is 6. The zero-order chi connectivity index (χ0) is 104. The maximum Gasteiger partial charge on any atom is 0.360 e. The van der Waals surface area contributed by atoms with Crippen molar-refractivity contribution in [3.8, 4) is 0 Å². The second kappa shape index (κ2) is 45.6. The first-order chi connectivity index (χ1) is 69.2. The number of nitrogens with zero attached hydrogens (tertiary/aromatic N) is 17. The predicted octanol–water partition coefficient (Wildman–Crippen LogP) is -13.8. The summed E-state index contributed by atoms with van der Waals surface area (Å²) in [6.07, 6.45) is -3.67. The molecule has 14 saturated heterocycles. The molecule has 145 heavy (non-hydrogen) atoms. The molecule has 0 unspecified atom stereocenters. The second-order valence-corrected chi connectivity index (χ2v) is 39.7. The number of rotatable bonds is 30.